The van der Waals surface area contributed by atoms with Gasteiger partial charge in [-0.1, -0.05) is 0 Å². The third-order valence-corrected chi connectivity index (χ3v) is 4.89. The van der Waals surface area contributed by atoms with Gasteiger partial charge in [0.2, 0.25) is 0 Å². The fourth-order valence-electron chi connectivity index (χ4n) is 3.01. The lowest BCUT2D eigenvalue weighted by atomic mass is 10.2. The van der Waals surface area contributed by atoms with Crippen molar-refractivity contribution in [1.82, 2.24) is 10.3 Å². The van der Waals surface area contributed by atoms with E-state index in [4.69, 9.17) is 21.7 Å². The van der Waals surface area contributed by atoms with Crippen molar-refractivity contribution in [1.29, 1.82) is 0 Å². The Labute approximate surface area is 177 Å². The number of thiocarbonyl (C=S) groups is 1. The van der Waals surface area contributed by atoms with E-state index in [1.54, 1.807) is 11.0 Å². The van der Waals surface area contributed by atoms with E-state index >= 15 is 0 Å². The average molecular weight is 439 g/mol. The Kier molecular flexibility index (Phi) is 6.67. The Morgan fingerprint density at radius 3 is 2.87 bits per heavy atom. The van der Waals surface area contributed by atoms with Crippen LogP contribution in [0.5, 0.6) is 0 Å². The Hall–Kier alpha value is -2.99. The van der Waals surface area contributed by atoms with E-state index in [2.05, 4.69) is 10.4 Å². The number of nitrogens with zero attached hydrogens (tertiary/aromatic N) is 4. The van der Waals surface area contributed by atoms with Crippen molar-refractivity contribution in [2.45, 2.75) is 19.1 Å². The number of aliphatic hydroxyl groups excluding tert-OH is 1. The van der Waals surface area contributed by atoms with Gasteiger partial charge in [-0.15, -0.1) is 0 Å². The number of methoxy groups -OCH3 is 1. The molecule has 2 heterocycles. The molecule has 1 fully saturated rings. The van der Waals surface area contributed by atoms with Crippen molar-refractivity contribution in [3.63, 3.8) is 0 Å². The number of hydrogen-bond donors (Lipinski definition) is 2. The number of rotatable bonds is 5. The van der Waals surface area contributed by atoms with Crippen LogP contribution in [0.4, 0.5) is 20.6 Å². The van der Waals surface area contributed by atoms with Crippen molar-refractivity contribution >= 4 is 47.1 Å². The third-order valence-electron chi connectivity index (χ3n) is 4.58. The van der Waals surface area contributed by atoms with E-state index in [-0.39, 0.29) is 30.5 Å². The van der Waals surface area contributed by atoms with Crippen LogP contribution >= 0.6 is 12.2 Å². The highest BCUT2D eigenvalue weighted by molar-refractivity contribution is 7.80. The van der Waals surface area contributed by atoms with E-state index < -0.39 is 30.0 Å². The van der Waals surface area contributed by atoms with Crippen molar-refractivity contribution in [3.05, 3.63) is 24.0 Å². The van der Waals surface area contributed by atoms with Gasteiger partial charge in [0, 0.05) is 6.54 Å². The molecule has 10 nitrogen and oxygen atoms in total. The number of ether oxygens (including phenoxy) is 2. The van der Waals surface area contributed by atoms with E-state index in [1.165, 1.54) is 37.4 Å². The van der Waals surface area contributed by atoms with Gasteiger partial charge in [0.25, 0.3) is 11.1 Å². The maximum atomic E-state index is 14.7. The highest BCUT2D eigenvalue weighted by Crippen LogP contribution is 2.28. The first-order valence-corrected chi connectivity index (χ1v) is 9.60. The molecule has 3 rings (SSSR count). The lowest BCUT2D eigenvalue weighted by Gasteiger charge is -2.29. The van der Waals surface area contributed by atoms with Crippen LogP contribution in [0.3, 0.4) is 0 Å². The summed E-state index contributed by atoms with van der Waals surface area (Å²) in [7, 11) is 1.43. The molecule has 2 atom stereocenters. The van der Waals surface area contributed by atoms with E-state index in [1.807, 2.05) is 0 Å². The topological polar surface area (TPSA) is 107 Å². The van der Waals surface area contributed by atoms with Crippen LogP contribution in [0.1, 0.15) is 6.92 Å². The molecule has 12 heteroatoms. The lowest BCUT2D eigenvalue weighted by molar-refractivity contribution is -0.139. The zero-order valence-corrected chi connectivity index (χ0v) is 17.3. The summed E-state index contributed by atoms with van der Waals surface area (Å²) in [5.41, 5.74) is 0.612. The lowest BCUT2D eigenvalue weighted by Crippen LogP contribution is -2.44. The molecule has 0 saturated carbocycles. The molecule has 0 radical (unpaired) electrons. The number of carbonyl (C=O) groups is 2. The molecule has 1 aromatic rings. The standard InChI is InChI=1S/C18H22FN5O5S/c1-11(25)16(26)24-6-5-22(10-21-24)15-4-3-12(7-14(15)19)23-9-13(29-18(23)27)8-20-17(30)28-2/h3-4,7,10-11,13,25H,5-6,8-9H2,1-2H3,(H,20,30). The summed E-state index contributed by atoms with van der Waals surface area (Å²) in [6.45, 7) is 2.38. The summed E-state index contributed by atoms with van der Waals surface area (Å²) < 4.78 is 24.8. The molecule has 1 saturated heterocycles. The molecule has 0 aliphatic carbocycles. The summed E-state index contributed by atoms with van der Waals surface area (Å²) in [6.07, 6.45) is -0.870. The number of anilines is 2. The predicted octanol–water partition coefficient (Wildman–Crippen LogP) is 0.644. The van der Waals surface area contributed by atoms with Gasteiger partial charge < -0.3 is 24.8 Å². The highest BCUT2D eigenvalue weighted by atomic mass is 32.1. The van der Waals surface area contributed by atoms with E-state index in [9.17, 15) is 19.1 Å². The second-order valence-electron chi connectivity index (χ2n) is 6.69. The van der Waals surface area contributed by atoms with Crippen LogP contribution in [0.2, 0.25) is 0 Å². The number of aliphatic hydroxyl groups is 1. The Bertz CT molecular complexity index is 867. The van der Waals surface area contributed by atoms with Gasteiger partial charge in [-0.3, -0.25) is 9.69 Å². The van der Waals surface area contributed by atoms with Gasteiger partial charge in [-0.25, -0.2) is 14.2 Å². The second-order valence-corrected chi connectivity index (χ2v) is 7.06. The summed E-state index contributed by atoms with van der Waals surface area (Å²) in [5.74, 6) is -1.08. The smallest absolute Gasteiger partial charge is 0.414 e. The zero-order valence-electron chi connectivity index (χ0n) is 16.4. The first kappa shape index (κ1) is 21.7. The zero-order chi connectivity index (χ0) is 21.8. The minimum Gasteiger partial charge on any atom is -0.474 e. The summed E-state index contributed by atoms with van der Waals surface area (Å²) in [4.78, 5) is 26.8. The summed E-state index contributed by atoms with van der Waals surface area (Å²) >= 11 is 4.88. The number of cyclic esters (lactones) is 1. The Morgan fingerprint density at radius 1 is 1.50 bits per heavy atom. The van der Waals surface area contributed by atoms with Crippen LogP contribution in [-0.2, 0) is 14.3 Å². The van der Waals surface area contributed by atoms with Gasteiger partial charge in [0.15, 0.2) is 0 Å². The van der Waals surface area contributed by atoms with Crippen LogP contribution in [-0.4, -0.2) is 79.1 Å². The Balaban J connectivity index is 1.66. The highest BCUT2D eigenvalue weighted by Gasteiger charge is 2.33. The minimum atomic E-state index is -1.16. The molecule has 0 bridgehead atoms. The number of amides is 2. The van der Waals surface area contributed by atoms with E-state index in [0.717, 1.165) is 5.01 Å². The quantitative estimate of drug-likeness (QED) is 0.644. The largest absolute Gasteiger partial charge is 0.474 e. The first-order chi connectivity index (χ1) is 14.3. The van der Waals surface area contributed by atoms with Crippen LogP contribution in [0, 0.1) is 5.82 Å². The van der Waals surface area contributed by atoms with Crippen LogP contribution in [0.25, 0.3) is 0 Å². The maximum absolute atomic E-state index is 14.7. The van der Waals surface area contributed by atoms with Gasteiger partial charge >= 0.3 is 6.09 Å². The molecule has 2 N–H and O–H groups in total. The third kappa shape index (κ3) is 4.76. The van der Waals surface area contributed by atoms with Gasteiger partial charge in [0.1, 0.15) is 24.4 Å². The monoisotopic (exact) mass is 439 g/mol. The van der Waals surface area contributed by atoms with Crippen molar-refractivity contribution < 1.29 is 28.6 Å². The molecule has 30 heavy (non-hydrogen) atoms. The predicted molar refractivity (Wildman–Crippen MR) is 111 cm³/mol. The number of hydrazone groups is 1. The summed E-state index contributed by atoms with van der Waals surface area (Å²) in [6, 6.07) is 4.38. The van der Waals surface area contributed by atoms with Crippen LogP contribution in [0.15, 0.2) is 23.3 Å². The fourth-order valence-corrected chi connectivity index (χ4v) is 3.10. The fraction of sp³-hybridized carbons (Fsp3) is 0.444. The molecule has 0 spiro atoms. The molecule has 2 aliphatic heterocycles. The molecule has 2 unspecified atom stereocenters. The second kappa shape index (κ2) is 9.22. The molecule has 0 aromatic heterocycles. The molecular formula is C18H22FN5O5S. The Morgan fingerprint density at radius 2 is 2.27 bits per heavy atom. The van der Waals surface area contributed by atoms with Crippen molar-refractivity contribution in [3.8, 4) is 0 Å². The molecule has 162 valence electrons. The molecule has 1 aromatic carbocycles. The van der Waals surface area contributed by atoms with Gasteiger partial charge in [-0.05, 0) is 37.3 Å². The number of benzene rings is 1. The normalized spacial score (nSPS) is 19.5. The molecule has 2 aliphatic rings. The number of halogens is 1. The number of hydrogen-bond acceptors (Lipinski definition) is 8. The maximum Gasteiger partial charge on any atom is 0.414 e. The molecule has 2 amide bonds. The number of nitrogens with one attached hydrogen (secondary N) is 1. The van der Waals surface area contributed by atoms with Crippen molar-refractivity contribution in [2.24, 2.45) is 5.10 Å². The SMILES string of the molecule is COC(=S)NCC1CN(c2ccc(N3C=NN(C(=O)C(C)O)CC3)c(F)c2)C(=O)O1. The van der Waals surface area contributed by atoms with E-state index in [0.29, 0.717) is 12.2 Å². The van der Waals surface area contributed by atoms with Gasteiger partial charge in [0.05, 0.1) is 38.1 Å². The van der Waals surface area contributed by atoms with Gasteiger partial charge in [-0.2, -0.15) is 5.10 Å². The minimum absolute atomic E-state index is 0.191. The summed E-state index contributed by atoms with van der Waals surface area (Å²) in [5, 5.41) is 17.5. The average Bonchev–Trinajstić information content (AvgIpc) is 3.12. The van der Waals surface area contributed by atoms with Crippen molar-refractivity contribution in [2.75, 3.05) is 43.1 Å². The molecular weight excluding hydrogens is 417 g/mol. The van der Waals surface area contributed by atoms with Crippen LogP contribution < -0.4 is 15.1 Å². The number of carbonyl (C=O) groups excluding carboxylic acids is 2. The first-order valence-electron chi connectivity index (χ1n) is 9.20.